The van der Waals surface area contributed by atoms with Crippen molar-refractivity contribution in [1.29, 1.82) is 0 Å². The van der Waals surface area contributed by atoms with Crippen LogP contribution in [0.25, 0.3) is 0 Å². The van der Waals surface area contributed by atoms with Crippen molar-refractivity contribution in [1.82, 2.24) is 0 Å². The van der Waals surface area contributed by atoms with Gasteiger partial charge in [0, 0.05) is 17.7 Å². The number of allylic oxidation sites excluding steroid dienone is 1. The Morgan fingerprint density at radius 2 is 1.65 bits per heavy atom. The molecule has 0 fully saturated rings. The van der Waals surface area contributed by atoms with Gasteiger partial charge >= 0.3 is 5.97 Å². The van der Waals surface area contributed by atoms with Crippen LogP contribution in [-0.2, 0) is 9.53 Å². The molecular weight excluding hydrogens is 428 g/mol. The minimum Gasteiger partial charge on any atom is -0.497 e. The molecule has 2 aliphatic rings. The second-order valence-electron chi connectivity index (χ2n) is 8.56. The first kappa shape index (κ1) is 21.8. The lowest BCUT2D eigenvalue weighted by molar-refractivity contribution is -0.116. The van der Waals surface area contributed by atoms with Gasteiger partial charge in [0.15, 0.2) is 5.78 Å². The number of benzene rings is 3. The van der Waals surface area contributed by atoms with Gasteiger partial charge in [0.1, 0.15) is 5.75 Å². The third-order valence-corrected chi connectivity index (χ3v) is 6.54. The van der Waals surface area contributed by atoms with Gasteiger partial charge in [-0.15, -0.1) is 0 Å². The highest BCUT2D eigenvalue weighted by Crippen LogP contribution is 2.44. The number of para-hydroxylation sites is 2. The van der Waals surface area contributed by atoms with Crippen LogP contribution in [0, 0.1) is 0 Å². The molecule has 172 valence electrons. The average Bonchev–Trinajstić information content (AvgIpc) is 3.05. The second-order valence-corrected chi connectivity index (χ2v) is 8.56. The summed E-state index contributed by atoms with van der Waals surface area (Å²) in [5, 5.41) is 7.11. The zero-order valence-electron chi connectivity index (χ0n) is 19.1. The Labute approximate surface area is 198 Å². The van der Waals surface area contributed by atoms with E-state index in [0.717, 1.165) is 39.5 Å². The molecule has 2 atom stereocenters. The maximum Gasteiger partial charge on any atom is 0.337 e. The maximum absolute atomic E-state index is 13.6. The Balaban J connectivity index is 1.56. The lowest BCUT2D eigenvalue weighted by atomic mass is 9.78. The number of fused-ring (bicyclic) bond motifs is 1. The SMILES string of the molecule is COC(=O)c1ccc([C@@H]2Nc3ccccc3NC3=C2C(=O)C[C@H](c2cccc(OC)c2)C3)cc1. The molecule has 0 aromatic heterocycles. The van der Waals surface area contributed by atoms with E-state index in [0.29, 0.717) is 18.4 Å². The first-order chi connectivity index (χ1) is 16.6. The third-order valence-electron chi connectivity index (χ3n) is 6.54. The van der Waals surface area contributed by atoms with Gasteiger partial charge in [-0.2, -0.15) is 0 Å². The number of hydrogen-bond acceptors (Lipinski definition) is 6. The topological polar surface area (TPSA) is 76.7 Å². The molecule has 0 saturated carbocycles. The standard InChI is InChI=1S/C28H26N2O4/c1-33-21-7-5-6-19(14-21)20-15-24-26(25(31)16-20)27(30-23-9-4-3-8-22(23)29-24)17-10-12-18(13-11-17)28(32)34-2/h3-14,20,27,29-30H,15-16H2,1-2H3/t20-,27+/m1/s1. The van der Waals surface area contributed by atoms with Crippen molar-refractivity contribution >= 4 is 23.1 Å². The molecule has 1 heterocycles. The highest BCUT2D eigenvalue weighted by molar-refractivity contribution is 6.01. The molecule has 1 aliphatic carbocycles. The molecule has 34 heavy (non-hydrogen) atoms. The van der Waals surface area contributed by atoms with Crippen LogP contribution in [0.15, 0.2) is 84.1 Å². The predicted octanol–water partition coefficient (Wildman–Crippen LogP) is 5.46. The van der Waals surface area contributed by atoms with Crippen LogP contribution in [0.2, 0.25) is 0 Å². The quantitative estimate of drug-likeness (QED) is 0.510. The van der Waals surface area contributed by atoms with Crippen molar-refractivity contribution in [3.05, 3.63) is 101 Å². The van der Waals surface area contributed by atoms with E-state index in [9.17, 15) is 9.59 Å². The fourth-order valence-corrected chi connectivity index (χ4v) is 4.80. The van der Waals surface area contributed by atoms with Crippen molar-refractivity contribution < 1.29 is 19.1 Å². The van der Waals surface area contributed by atoms with Gasteiger partial charge in [-0.3, -0.25) is 4.79 Å². The Hall–Kier alpha value is -4.06. The van der Waals surface area contributed by atoms with Crippen LogP contribution < -0.4 is 15.4 Å². The summed E-state index contributed by atoms with van der Waals surface area (Å²) >= 11 is 0. The van der Waals surface area contributed by atoms with Crippen LogP contribution in [0.5, 0.6) is 5.75 Å². The predicted molar refractivity (Wildman–Crippen MR) is 131 cm³/mol. The van der Waals surface area contributed by atoms with E-state index in [1.54, 1.807) is 19.2 Å². The number of anilines is 2. The zero-order chi connectivity index (χ0) is 23.7. The smallest absolute Gasteiger partial charge is 0.337 e. The van der Waals surface area contributed by atoms with E-state index in [1.807, 2.05) is 54.6 Å². The molecule has 0 unspecified atom stereocenters. The third kappa shape index (κ3) is 4.03. The summed E-state index contributed by atoms with van der Waals surface area (Å²) < 4.78 is 10.2. The van der Waals surface area contributed by atoms with Crippen LogP contribution in [0.3, 0.4) is 0 Å². The fraction of sp³-hybridized carbons (Fsp3) is 0.214. The van der Waals surface area contributed by atoms with E-state index in [1.165, 1.54) is 7.11 Å². The van der Waals surface area contributed by atoms with E-state index in [2.05, 4.69) is 16.7 Å². The number of ether oxygens (including phenoxy) is 2. The van der Waals surface area contributed by atoms with Gasteiger partial charge in [-0.05, 0) is 59.9 Å². The second kappa shape index (κ2) is 9.06. The minimum absolute atomic E-state index is 0.0569. The van der Waals surface area contributed by atoms with Crippen molar-refractivity contribution in [3.63, 3.8) is 0 Å². The first-order valence-corrected chi connectivity index (χ1v) is 11.3. The number of rotatable bonds is 4. The summed E-state index contributed by atoms with van der Waals surface area (Å²) in [6.07, 6.45) is 1.13. The van der Waals surface area contributed by atoms with E-state index in [-0.39, 0.29) is 23.7 Å². The maximum atomic E-state index is 13.6. The zero-order valence-corrected chi connectivity index (χ0v) is 19.1. The summed E-state index contributed by atoms with van der Waals surface area (Å²) in [5.41, 5.74) is 5.98. The largest absolute Gasteiger partial charge is 0.497 e. The number of ketones is 1. The van der Waals surface area contributed by atoms with Crippen LogP contribution in [-0.4, -0.2) is 26.0 Å². The van der Waals surface area contributed by atoms with Gasteiger partial charge in [-0.1, -0.05) is 36.4 Å². The Bertz CT molecular complexity index is 1280. The van der Waals surface area contributed by atoms with Crippen molar-refractivity contribution in [2.45, 2.75) is 24.8 Å². The fourth-order valence-electron chi connectivity index (χ4n) is 4.80. The summed E-state index contributed by atoms with van der Waals surface area (Å²) in [7, 11) is 3.01. The number of esters is 1. The lowest BCUT2D eigenvalue weighted by Gasteiger charge is -2.30. The normalized spacial score (nSPS) is 19.2. The van der Waals surface area contributed by atoms with Gasteiger partial charge in [0.05, 0.1) is 37.2 Å². The number of nitrogens with one attached hydrogen (secondary N) is 2. The van der Waals surface area contributed by atoms with Crippen molar-refractivity contribution in [2.75, 3.05) is 24.9 Å². The van der Waals surface area contributed by atoms with Crippen LogP contribution in [0.1, 0.15) is 46.3 Å². The minimum atomic E-state index is -0.387. The van der Waals surface area contributed by atoms with Crippen LogP contribution >= 0.6 is 0 Å². The molecule has 2 N–H and O–H groups in total. The molecule has 0 saturated heterocycles. The molecule has 6 nitrogen and oxygen atoms in total. The number of hydrogen-bond donors (Lipinski definition) is 2. The Morgan fingerprint density at radius 3 is 2.38 bits per heavy atom. The molecule has 5 rings (SSSR count). The molecular formula is C28H26N2O4. The van der Waals surface area contributed by atoms with Crippen molar-refractivity contribution in [2.24, 2.45) is 0 Å². The molecule has 6 heteroatoms. The Morgan fingerprint density at radius 1 is 0.882 bits per heavy atom. The van der Waals surface area contributed by atoms with E-state index in [4.69, 9.17) is 9.47 Å². The van der Waals surface area contributed by atoms with Gasteiger partial charge in [-0.25, -0.2) is 4.79 Å². The first-order valence-electron chi connectivity index (χ1n) is 11.3. The lowest BCUT2D eigenvalue weighted by Crippen LogP contribution is -2.27. The average molecular weight is 455 g/mol. The Kier molecular flexibility index (Phi) is 5.80. The van der Waals surface area contributed by atoms with Gasteiger partial charge < -0.3 is 20.1 Å². The molecule has 0 bridgehead atoms. The highest BCUT2D eigenvalue weighted by atomic mass is 16.5. The number of methoxy groups -OCH3 is 2. The monoisotopic (exact) mass is 454 g/mol. The number of carbonyl (C=O) groups is 2. The summed E-state index contributed by atoms with van der Waals surface area (Å²) in [5.74, 6) is 0.557. The summed E-state index contributed by atoms with van der Waals surface area (Å²) in [4.78, 5) is 25.5. The number of carbonyl (C=O) groups excluding carboxylic acids is 2. The molecule has 3 aromatic rings. The molecule has 0 amide bonds. The summed E-state index contributed by atoms with van der Waals surface area (Å²) in [6, 6.07) is 22.8. The molecule has 1 aliphatic heterocycles. The number of Topliss-reactive ketones (excluding diaryl/α,β-unsaturated/α-hetero) is 1. The highest BCUT2D eigenvalue weighted by Gasteiger charge is 2.36. The van der Waals surface area contributed by atoms with Crippen molar-refractivity contribution in [3.8, 4) is 5.75 Å². The van der Waals surface area contributed by atoms with Crippen LogP contribution in [0.4, 0.5) is 11.4 Å². The summed E-state index contributed by atoms with van der Waals surface area (Å²) in [6.45, 7) is 0. The molecule has 0 spiro atoms. The van der Waals surface area contributed by atoms with E-state index >= 15 is 0 Å². The molecule has 0 radical (unpaired) electrons. The van der Waals surface area contributed by atoms with Gasteiger partial charge in [0.2, 0.25) is 0 Å². The van der Waals surface area contributed by atoms with Gasteiger partial charge in [0.25, 0.3) is 0 Å². The van der Waals surface area contributed by atoms with E-state index < -0.39 is 0 Å². The molecule has 3 aromatic carbocycles.